The molecule has 3 atom stereocenters. The van der Waals surface area contributed by atoms with Crippen molar-refractivity contribution in [1.29, 1.82) is 0 Å². The van der Waals surface area contributed by atoms with Gasteiger partial charge in [-0.1, -0.05) is 0 Å². The standard InChI is InChI=1S/C14H20N6O7/c15-7(1-6-4-17-5-18-6)12(24)19-8(3-11(22)23)13(25)20-9(14(26)27)2-10(16)21/h4-5,7-9H,1-3,15H2,(H2,16,21)(H,17,18)(H,19,24)(H,20,25)(H,22,23)(H,26,27). The molecule has 0 fully saturated rings. The number of carboxylic acid groups (broad SMARTS) is 2. The molecule has 1 aromatic heterocycles. The first-order valence-electron chi connectivity index (χ1n) is 7.66. The number of primary amides is 1. The van der Waals surface area contributed by atoms with E-state index in [1.54, 1.807) is 0 Å². The first-order chi connectivity index (χ1) is 12.6. The van der Waals surface area contributed by atoms with Crippen molar-refractivity contribution in [3.8, 4) is 0 Å². The highest BCUT2D eigenvalue weighted by Crippen LogP contribution is 2.01. The second-order valence-corrected chi connectivity index (χ2v) is 5.62. The van der Waals surface area contributed by atoms with Gasteiger partial charge in [0.2, 0.25) is 17.7 Å². The number of nitrogens with two attached hydrogens (primary N) is 2. The van der Waals surface area contributed by atoms with Crippen LogP contribution in [0.25, 0.3) is 0 Å². The largest absolute Gasteiger partial charge is 0.481 e. The van der Waals surface area contributed by atoms with Crippen molar-refractivity contribution in [3.05, 3.63) is 18.2 Å². The van der Waals surface area contributed by atoms with Crippen LogP contribution in [0.3, 0.4) is 0 Å². The molecule has 0 aliphatic heterocycles. The predicted octanol–water partition coefficient (Wildman–Crippen LogP) is -3.32. The molecule has 13 heteroatoms. The highest BCUT2D eigenvalue weighted by Gasteiger charge is 2.30. The third kappa shape index (κ3) is 7.52. The van der Waals surface area contributed by atoms with Crippen molar-refractivity contribution in [2.24, 2.45) is 11.5 Å². The van der Waals surface area contributed by atoms with Crippen molar-refractivity contribution in [1.82, 2.24) is 20.6 Å². The Hall–Kier alpha value is -3.48. The van der Waals surface area contributed by atoms with E-state index in [1.165, 1.54) is 12.5 Å². The summed E-state index contributed by atoms with van der Waals surface area (Å²) >= 11 is 0. The monoisotopic (exact) mass is 384 g/mol. The summed E-state index contributed by atoms with van der Waals surface area (Å²) < 4.78 is 0. The van der Waals surface area contributed by atoms with E-state index in [0.29, 0.717) is 5.69 Å². The SMILES string of the molecule is NC(=O)CC(NC(=O)C(CC(=O)O)NC(=O)C(N)Cc1cnc[nH]1)C(=O)O. The molecule has 0 spiro atoms. The van der Waals surface area contributed by atoms with E-state index in [0.717, 1.165) is 0 Å². The molecule has 1 heterocycles. The van der Waals surface area contributed by atoms with Crippen LogP contribution in [0.15, 0.2) is 12.5 Å². The number of aromatic amines is 1. The topological polar surface area (TPSA) is 231 Å². The Morgan fingerprint density at radius 2 is 1.70 bits per heavy atom. The van der Waals surface area contributed by atoms with Crippen molar-refractivity contribution in [2.75, 3.05) is 0 Å². The fourth-order valence-corrected chi connectivity index (χ4v) is 2.06. The van der Waals surface area contributed by atoms with Gasteiger partial charge in [-0.3, -0.25) is 19.2 Å². The van der Waals surface area contributed by atoms with Crippen LogP contribution in [0, 0.1) is 0 Å². The molecule has 0 saturated carbocycles. The molecule has 0 saturated heterocycles. The molecule has 0 radical (unpaired) electrons. The first-order valence-corrected chi connectivity index (χ1v) is 7.66. The molecular weight excluding hydrogens is 364 g/mol. The Bertz CT molecular complexity index is 705. The average molecular weight is 384 g/mol. The summed E-state index contributed by atoms with van der Waals surface area (Å²) in [5.41, 5.74) is 11.2. The molecule has 0 aliphatic rings. The zero-order chi connectivity index (χ0) is 20.6. The number of hydrogen-bond acceptors (Lipinski definition) is 7. The number of aliphatic carboxylic acids is 2. The van der Waals surface area contributed by atoms with Crippen LogP contribution < -0.4 is 22.1 Å². The maximum atomic E-state index is 12.2. The van der Waals surface area contributed by atoms with E-state index >= 15 is 0 Å². The minimum atomic E-state index is -1.66. The molecule has 148 valence electrons. The van der Waals surface area contributed by atoms with Gasteiger partial charge in [0.25, 0.3) is 0 Å². The summed E-state index contributed by atoms with van der Waals surface area (Å²) in [4.78, 5) is 63.7. The first kappa shape index (κ1) is 21.6. The maximum absolute atomic E-state index is 12.2. The normalized spacial score (nSPS) is 13.8. The molecule has 1 rings (SSSR count). The number of carbonyl (C=O) groups excluding carboxylic acids is 3. The number of amides is 3. The van der Waals surface area contributed by atoms with Gasteiger partial charge in [-0.2, -0.15) is 0 Å². The van der Waals surface area contributed by atoms with Crippen molar-refractivity contribution >= 4 is 29.7 Å². The van der Waals surface area contributed by atoms with Crippen LogP contribution in [0.2, 0.25) is 0 Å². The van der Waals surface area contributed by atoms with Crippen LogP contribution in [0.4, 0.5) is 0 Å². The molecule has 3 unspecified atom stereocenters. The quantitative estimate of drug-likeness (QED) is 0.202. The number of carbonyl (C=O) groups is 5. The van der Waals surface area contributed by atoms with Gasteiger partial charge in [0.1, 0.15) is 12.1 Å². The lowest BCUT2D eigenvalue weighted by molar-refractivity contribution is -0.144. The minimum absolute atomic E-state index is 0.0483. The van der Waals surface area contributed by atoms with Gasteiger partial charge in [-0.15, -0.1) is 0 Å². The van der Waals surface area contributed by atoms with E-state index in [4.69, 9.17) is 21.7 Å². The summed E-state index contributed by atoms with van der Waals surface area (Å²) in [6.45, 7) is 0. The van der Waals surface area contributed by atoms with Crippen LogP contribution in [-0.4, -0.2) is 68.0 Å². The fraction of sp³-hybridized carbons (Fsp3) is 0.429. The number of nitrogens with one attached hydrogen (secondary N) is 3. The van der Waals surface area contributed by atoms with Gasteiger partial charge >= 0.3 is 11.9 Å². The third-order valence-electron chi connectivity index (χ3n) is 3.36. The molecule has 1 aromatic rings. The molecule has 0 bridgehead atoms. The lowest BCUT2D eigenvalue weighted by Crippen LogP contribution is -2.55. The number of imidazole rings is 1. The van der Waals surface area contributed by atoms with Gasteiger partial charge in [0, 0.05) is 18.3 Å². The van der Waals surface area contributed by atoms with E-state index in [2.05, 4.69) is 15.3 Å². The molecule has 0 aromatic carbocycles. The Kier molecular flexibility index (Phi) is 7.88. The Morgan fingerprint density at radius 3 is 2.19 bits per heavy atom. The number of carboxylic acids is 2. The number of rotatable bonds is 11. The zero-order valence-electron chi connectivity index (χ0n) is 14.0. The van der Waals surface area contributed by atoms with Crippen molar-refractivity contribution in [3.63, 3.8) is 0 Å². The van der Waals surface area contributed by atoms with E-state index in [1.807, 2.05) is 5.32 Å². The summed E-state index contributed by atoms with van der Waals surface area (Å²) in [7, 11) is 0. The Balaban J connectivity index is 2.79. The van der Waals surface area contributed by atoms with Crippen LogP contribution in [0.1, 0.15) is 18.5 Å². The van der Waals surface area contributed by atoms with E-state index in [-0.39, 0.29) is 6.42 Å². The molecular formula is C14H20N6O7. The lowest BCUT2D eigenvalue weighted by atomic mass is 10.1. The van der Waals surface area contributed by atoms with Gasteiger partial charge < -0.3 is 37.3 Å². The van der Waals surface area contributed by atoms with Crippen LogP contribution >= 0.6 is 0 Å². The van der Waals surface area contributed by atoms with Crippen LogP contribution in [-0.2, 0) is 30.4 Å². The van der Waals surface area contributed by atoms with Gasteiger partial charge in [-0.25, -0.2) is 9.78 Å². The van der Waals surface area contributed by atoms with Gasteiger partial charge in [-0.05, 0) is 0 Å². The Morgan fingerprint density at radius 1 is 1.07 bits per heavy atom. The predicted molar refractivity (Wildman–Crippen MR) is 87.8 cm³/mol. The molecule has 9 N–H and O–H groups in total. The summed E-state index contributed by atoms with van der Waals surface area (Å²) in [5.74, 6) is -5.87. The highest BCUT2D eigenvalue weighted by atomic mass is 16.4. The van der Waals surface area contributed by atoms with Gasteiger partial charge in [0.05, 0.1) is 25.2 Å². The highest BCUT2D eigenvalue weighted by molar-refractivity contribution is 5.95. The summed E-state index contributed by atoms with van der Waals surface area (Å²) in [6, 6.07) is -4.38. The smallest absolute Gasteiger partial charge is 0.326 e. The molecule has 3 amide bonds. The summed E-state index contributed by atoms with van der Waals surface area (Å²) in [5, 5.41) is 22.0. The van der Waals surface area contributed by atoms with Crippen LogP contribution in [0.5, 0.6) is 0 Å². The second kappa shape index (κ2) is 9.86. The molecule has 13 nitrogen and oxygen atoms in total. The molecule has 0 aliphatic carbocycles. The number of aromatic nitrogens is 2. The number of H-pyrrole nitrogens is 1. The zero-order valence-corrected chi connectivity index (χ0v) is 14.0. The van der Waals surface area contributed by atoms with Crippen molar-refractivity contribution in [2.45, 2.75) is 37.4 Å². The number of nitrogens with zero attached hydrogens (tertiary/aromatic N) is 1. The molecule has 27 heavy (non-hydrogen) atoms. The van der Waals surface area contributed by atoms with E-state index in [9.17, 15) is 24.0 Å². The van der Waals surface area contributed by atoms with Gasteiger partial charge in [0.15, 0.2) is 0 Å². The third-order valence-corrected chi connectivity index (χ3v) is 3.36. The average Bonchev–Trinajstić information content (AvgIpc) is 3.05. The number of hydrogen-bond donors (Lipinski definition) is 7. The summed E-state index contributed by atoms with van der Waals surface area (Å²) in [6.07, 6.45) is 1.35. The van der Waals surface area contributed by atoms with E-state index < -0.39 is 60.6 Å². The van der Waals surface area contributed by atoms with Crippen molar-refractivity contribution < 1.29 is 34.2 Å². The Labute approximate surface area is 152 Å². The second-order valence-electron chi connectivity index (χ2n) is 5.62. The lowest BCUT2D eigenvalue weighted by Gasteiger charge is -2.21. The minimum Gasteiger partial charge on any atom is -0.481 e. The fourth-order valence-electron chi connectivity index (χ4n) is 2.06. The maximum Gasteiger partial charge on any atom is 0.326 e.